The van der Waals surface area contributed by atoms with Gasteiger partial charge in [-0.1, -0.05) is 58.4 Å². The molecule has 1 saturated carbocycles. The summed E-state index contributed by atoms with van der Waals surface area (Å²) in [5.41, 5.74) is 1.39. The SMILES string of the molecule is CCCCCC1CCC(C2CC=C(c3ccc(OCCC)c(F)c3F)CC2)CC1. The van der Waals surface area contributed by atoms with Gasteiger partial charge in [-0.3, -0.25) is 0 Å². The molecule has 0 spiro atoms. The van der Waals surface area contributed by atoms with Gasteiger partial charge in [0.15, 0.2) is 11.6 Å². The maximum atomic E-state index is 14.6. The Morgan fingerprint density at radius 3 is 2.34 bits per heavy atom. The molecule has 0 amide bonds. The average molecular weight is 405 g/mol. The van der Waals surface area contributed by atoms with E-state index in [2.05, 4.69) is 13.0 Å². The normalized spacial score (nSPS) is 25.0. The van der Waals surface area contributed by atoms with E-state index in [1.165, 1.54) is 51.4 Å². The van der Waals surface area contributed by atoms with Crippen molar-refractivity contribution in [2.75, 3.05) is 6.61 Å². The second-order valence-electron chi connectivity index (χ2n) is 9.13. The molecule has 0 radical (unpaired) electrons. The fourth-order valence-corrected chi connectivity index (χ4v) is 5.26. The van der Waals surface area contributed by atoms with E-state index < -0.39 is 11.6 Å². The molecule has 29 heavy (non-hydrogen) atoms. The zero-order valence-corrected chi connectivity index (χ0v) is 18.3. The topological polar surface area (TPSA) is 9.23 Å². The van der Waals surface area contributed by atoms with Crippen LogP contribution in [0.5, 0.6) is 5.75 Å². The van der Waals surface area contributed by atoms with Crippen molar-refractivity contribution in [2.45, 2.75) is 90.9 Å². The molecule has 1 aromatic carbocycles. The largest absolute Gasteiger partial charge is 0.490 e. The highest BCUT2D eigenvalue weighted by Crippen LogP contribution is 2.42. The van der Waals surface area contributed by atoms with Crippen molar-refractivity contribution in [1.29, 1.82) is 0 Å². The number of benzene rings is 1. The fraction of sp³-hybridized carbons (Fsp3) is 0.692. The maximum Gasteiger partial charge on any atom is 0.201 e. The molecule has 2 aliphatic carbocycles. The molecule has 0 aromatic heterocycles. The molecule has 0 saturated heterocycles. The summed E-state index contributed by atoms with van der Waals surface area (Å²) >= 11 is 0. The minimum Gasteiger partial charge on any atom is -0.490 e. The van der Waals surface area contributed by atoms with Crippen LogP contribution in [0.25, 0.3) is 5.57 Å². The van der Waals surface area contributed by atoms with E-state index >= 15 is 0 Å². The molecule has 1 fully saturated rings. The Kier molecular flexibility index (Phi) is 8.56. The van der Waals surface area contributed by atoms with Crippen molar-refractivity contribution < 1.29 is 13.5 Å². The van der Waals surface area contributed by atoms with Gasteiger partial charge in [-0.05, 0) is 74.0 Å². The van der Waals surface area contributed by atoms with E-state index in [1.807, 2.05) is 6.92 Å². The lowest BCUT2D eigenvalue weighted by Gasteiger charge is -2.35. The minimum atomic E-state index is -0.847. The summed E-state index contributed by atoms with van der Waals surface area (Å²) in [6, 6.07) is 3.27. The van der Waals surface area contributed by atoms with Gasteiger partial charge >= 0.3 is 0 Å². The zero-order chi connectivity index (χ0) is 20.6. The number of rotatable bonds is 9. The molecular weight excluding hydrogens is 366 g/mol. The number of unbranched alkanes of at least 4 members (excludes halogenated alkanes) is 2. The summed E-state index contributed by atoms with van der Waals surface area (Å²) < 4.78 is 34.2. The molecule has 0 heterocycles. The van der Waals surface area contributed by atoms with Crippen LogP contribution in [0.15, 0.2) is 18.2 Å². The highest BCUT2D eigenvalue weighted by molar-refractivity contribution is 5.67. The fourth-order valence-electron chi connectivity index (χ4n) is 5.26. The van der Waals surface area contributed by atoms with E-state index in [9.17, 15) is 8.78 Å². The van der Waals surface area contributed by atoms with Gasteiger partial charge in [0, 0.05) is 5.56 Å². The standard InChI is InChI=1S/C26H38F2O/c1-3-5-6-7-19-8-10-20(11-9-19)21-12-14-22(15-13-21)23-16-17-24(29-18-4-2)26(28)25(23)27/h14,16-17,19-21H,3-13,15,18H2,1-2H3. The Morgan fingerprint density at radius 2 is 1.69 bits per heavy atom. The second kappa shape index (κ2) is 11.1. The van der Waals surface area contributed by atoms with Crippen LogP contribution in [0.3, 0.4) is 0 Å². The van der Waals surface area contributed by atoms with Crippen LogP contribution in [0, 0.1) is 29.4 Å². The van der Waals surface area contributed by atoms with E-state index in [1.54, 1.807) is 12.1 Å². The summed E-state index contributed by atoms with van der Waals surface area (Å²) in [6.45, 7) is 4.63. The molecule has 2 aliphatic rings. The zero-order valence-electron chi connectivity index (χ0n) is 18.3. The Morgan fingerprint density at radius 1 is 0.897 bits per heavy atom. The van der Waals surface area contributed by atoms with Gasteiger partial charge < -0.3 is 4.74 Å². The van der Waals surface area contributed by atoms with Crippen molar-refractivity contribution in [2.24, 2.45) is 17.8 Å². The van der Waals surface area contributed by atoms with E-state index in [0.717, 1.165) is 49.0 Å². The monoisotopic (exact) mass is 404 g/mol. The quantitative estimate of drug-likeness (QED) is 0.376. The van der Waals surface area contributed by atoms with Crippen molar-refractivity contribution >= 4 is 5.57 Å². The minimum absolute atomic E-state index is 0.0260. The summed E-state index contributed by atoms with van der Waals surface area (Å²) in [4.78, 5) is 0. The number of allylic oxidation sites excluding steroid dienone is 2. The van der Waals surface area contributed by atoms with Crippen molar-refractivity contribution in [3.8, 4) is 5.75 Å². The van der Waals surface area contributed by atoms with Crippen LogP contribution < -0.4 is 4.74 Å². The van der Waals surface area contributed by atoms with Gasteiger partial charge in [-0.15, -0.1) is 0 Å². The van der Waals surface area contributed by atoms with E-state index in [0.29, 0.717) is 12.2 Å². The van der Waals surface area contributed by atoms with Crippen LogP contribution in [-0.2, 0) is 0 Å². The van der Waals surface area contributed by atoms with Crippen molar-refractivity contribution in [3.63, 3.8) is 0 Å². The summed E-state index contributed by atoms with van der Waals surface area (Å²) in [7, 11) is 0. The molecule has 0 aliphatic heterocycles. The lowest BCUT2D eigenvalue weighted by Crippen LogP contribution is -2.23. The predicted molar refractivity (Wildman–Crippen MR) is 117 cm³/mol. The third-order valence-corrected chi connectivity index (χ3v) is 7.08. The van der Waals surface area contributed by atoms with Gasteiger partial charge in [-0.2, -0.15) is 4.39 Å². The van der Waals surface area contributed by atoms with Crippen LogP contribution in [0.4, 0.5) is 8.78 Å². The summed E-state index contributed by atoms with van der Waals surface area (Å²) in [6.07, 6.45) is 16.9. The van der Waals surface area contributed by atoms with Gasteiger partial charge in [0.25, 0.3) is 0 Å². The predicted octanol–water partition coefficient (Wildman–Crippen LogP) is 8.32. The number of hydrogen-bond acceptors (Lipinski definition) is 1. The first-order chi connectivity index (χ1) is 14.1. The molecule has 1 atom stereocenters. The first-order valence-corrected chi connectivity index (χ1v) is 11.9. The molecule has 3 rings (SSSR count). The third-order valence-electron chi connectivity index (χ3n) is 7.08. The van der Waals surface area contributed by atoms with Crippen LogP contribution >= 0.6 is 0 Å². The number of halogens is 2. The maximum absolute atomic E-state index is 14.6. The molecular formula is C26H38F2O. The molecule has 0 N–H and O–H groups in total. The average Bonchev–Trinajstić information content (AvgIpc) is 2.76. The van der Waals surface area contributed by atoms with Gasteiger partial charge in [-0.25, -0.2) is 4.39 Å². The molecule has 0 bridgehead atoms. The Bertz CT molecular complexity index is 674. The van der Waals surface area contributed by atoms with E-state index in [-0.39, 0.29) is 5.75 Å². The Labute approximate surface area is 175 Å². The molecule has 162 valence electrons. The van der Waals surface area contributed by atoms with Crippen LogP contribution in [0.2, 0.25) is 0 Å². The van der Waals surface area contributed by atoms with Crippen LogP contribution in [-0.4, -0.2) is 6.61 Å². The van der Waals surface area contributed by atoms with Crippen molar-refractivity contribution in [1.82, 2.24) is 0 Å². The first kappa shape index (κ1) is 22.3. The van der Waals surface area contributed by atoms with Crippen LogP contribution in [0.1, 0.15) is 96.5 Å². The van der Waals surface area contributed by atoms with E-state index in [4.69, 9.17) is 4.74 Å². The Hall–Kier alpha value is -1.38. The molecule has 1 nitrogen and oxygen atoms in total. The smallest absolute Gasteiger partial charge is 0.201 e. The Balaban J connectivity index is 1.54. The highest BCUT2D eigenvalue weighted by atomic mass is 19.2. The molecule has 3 heteroatoms. The highest BCUT2D eigenvalue weighted by Gasteiger charge is 2.29. The summed E-state index contributed by atoms with van der Waals surface area (Å²) in [5.74, 6) is 0.907. The molecule has 1 unspecified atom stereocenters. The first-order valence-electron chi connectivity index (χ1n) is 11.9. The third kappa shape index (κ3) is 5.83. The lowest BCUT2D eigenvalue weighted by atomic mass is 9.70. The van der Waals surface area contributed by atoms with Gasteiger partial charge in [0.05, 0.1) is 6.61 Å². The molecule has 1 aromatic rings. The van der Waals surface area contributed by atoms with Gasteiger partial charge in [0.2, 0.25) is 5.82 Å². The second-order valence-corrected chi connectivity index (χ2v) is 9.13. The van der Waals surface area contributed by atoms with Crippen molar-refractivity contribution in [3.05, 3.63) is 35.4 Å². The summed E-state index contributed by atoms with van der Waals surface area (Å²) in [5, 5.41) is 0. The van der Waals surface area contributed by atoms with Gasteiger partial charge in [0.1, 0.15) is 0 Å². The number of ether oxygens (including phenoxy) is 1. The lowest BCUT2D eigenvalue weighted by molar-refractivity contribution is 0.187. The number of hydrogen-bond donors (Lipinski definition) is 0.